The van der Waals surface area contributed by atoms with E-state index in [1.54, 1.807) is 13.3 Å². The molecule has 0 saturated carbocycles. The van der Waals surface area contributed by atoms with E-state index in [0.717, 1.165) is 39.9 Å². The fourth-order valence-corrected chi connectivity index (χ4v) is 2.91. The van der Waals surface area contributed by atoms with E-state index in [0.29, 0.717) is 5.82 Å². The molecule has 30 heavy (non-hydrogen) atoms. The molecule has 4 aromatic rings. The summed E-state index contributed by atoms with van der Waals surface area (Å²) in [5.74, 6) is 3.05. The molecule has 0 unspecified atom stereocenters. The van der Waals surface area contributed by atoms with Gasteiger partial charge < -0.3 is 20.5 Å². The number of nitrogens with two attached hydrogens (primary N) is 1. The average Bonchev–Trinajstić information content (AvgIpc) is 2.75. The fourth-order valence-electron chi connectivity index (χ4n) is 2.91. The third-order valence-corrected chi connectivity index (χ3v) is 4.36. The van der Waals surface area contributed by atoms with Crippen LogP contribution >= 0.6 is 0 Å². The van der Waals surface area contributed by atoms with Crippen LogP contribution in [0.4, 0.5) is 17.5 Å². The summed E-state index contributed by atoms with van der Waals surface area (Å²) in [6.07, 6.45) is 1.72. The number of aromatic nitrogens is 3. The zero-order valence-electron chi connectivity index (χ0n) is 16.7. The molecule has 0 amide bonds. The van der Waals surface area contributed by atoms with Crippen LogP contribution in [0.1, 0.15) is 5.69 Å². The van der Waals surface area contributed by atoms with Gasteiger partial charge in [0.1, 0.15) is 23.1 Å². The smallest absolute Gasteiger partial charge is 0.222 e. The normalized spacial score (nSPS) is 10.5. The van der Waals surface area contributed by atoms with Crippen LogP contribution in [0, 0.1) is 6.92 Å². The zero-order valence-corrected chi connectivity index (χ0v) is 16.7. The maximum absolute atomic E-state index is 5.92. The highest BCUT2D eigenvalue weighted by Gasteiger charge is 2.07. The molecular weight excluding hydrogens is 378 g/mol. The Morgan fingerprint density at radius 3 is 2.27 bits per heavy atom. The molecule has 0 saturated heterocycles. The van der Waals surface area contributed by atoms with E-state index in [9.17, 15) is 0 Å². The quantitative estimate of drug-likeness (QED) is 0.472. The summed E-state index contributed by atoms with van der Waals surface area (Å²) in [7, 11) is 1.63. The van der Waals surface area contributed by atoms with Crippen molar-refractivity contribution in [3.8, 4) is 28.5 Å². The minimum Gasteiger partial charge on any atom is -0.497 e. The lowest BCUT2D eigenvalue weighted by Crippen LogP contribution is -2.01. The lowest BCUT2D eigenvalue weighted by atomic mass is 10.1. The van der Waals surface area contributed by atoms with Crippen LogP contribution < -0.4 is 20.5 Å². The highest BCUT2D eigenvalue weighted by atomic mass is 16.5. The molecule has 7 heteroatoms. The summed E-state index contributed by atoms with van der Waals surface area (Å²) in [6, 6.07) is 20.8. The zero-order chi connectivity index (χ0) is 20.9. The number of nitrogens with one attached hydrogen (secondary N) is 1. The van der Waals surface area contributed by atoms with Crippen LogP contribution in [0.5, 0.6) is 17.2 Å². The summed E-state index contributed by atoms with van der Waals surface area (Å²) >= 11 is 0. The molecule has 0 atom stereocenters. The van der Waals surface area contributed by atoms with Gasteiger partial charge in [0.25, 0.3) is 0 Å². The van der Waals surface area contributed by atoms with Crippen LogP contribution in [-0.4, -0.2) is 22.1 Å². The first-order valence-corrected chi connectivity index (χ1v) is 9.35. The first-order chi connectivity index (χ1) is 14.6. The van der Waals surface area contributed by atoms with Crippen molar-refractivity contribution in [2.45, 2.75) is 6.92 Å². The Hall–Kier alpha value is -4.13. The molecule has 7 nitrogen and oxygen atoms in total. The number of nitrogen functional groups attached to an aromatic ring is 1. The van der Waals surface area contributed by atoms with Crippen molar-refractivity contribution in [1.82, 2.24) is 15.0 Å². The maximum Gasteiger partial charge on any atom is 0.222 e. The number of nitrogens with zero attached hydrogens (tertiary/aromatic N) is 3. The number of benzene rings is 2. The molecule has 0 radical (unpaired) electrons. The van der Waals surface area contributed by atoms with Gasteiger partial charge in [0.05, 0.1) is 12.8 Å². The summed E-state index contributed by atoms with van der Waals surface area (Å²) in [5, 5.41) is 3.26. The minimum absolute atomic E-state index is 0.193. The summed E-state index contributed by atoms with van der Waals surface area (Å²) in [6.45, 7) is 1.92. The first kappa shape index (κ1) is 19.2. The predicted molar refractivity (Wildman–Crippen MR) is 117 cm³/mol. The van der Waals surface area contributed by atoms with Crippen LogP contribution in [0.15, 0.2) is 72.9 Å². The van der Waals surface area contributed by atoms with Gasteiger partial charge in [0.2, 0.25) is 5.95 Å². The van der Waals surface area contributed by atoms with Crippen molar-refractivity contribution < 1.29 is 9.47 Å². The lowest BCUT2D eigenvalue weighted by Gasteiger charge is -2.10. The van der Waals surface area contributed by atoms with Gasteiger partial charge >= 0.3 is 0 Å². The molecule has 2 aromatic heterocycles. The Bertz CT molecular complexity index is 1150. The van der Waals surface area contributed by atoms with Gasteiger partial charge in [-0.25, -0.2) is 4.98 Å². The standard InChI is InChI=1S/C23H21N5O2/c1-15-13-20(11-12-25-15)30-19-9-5-17(6-10-19)26-22-14-21(27-23(24)28-22)16-3-7-18(29-2)8-4-16/h3-14H,1-2H3,(H3,24,26,27,28). The molecule has 0 aliphatic carbocycles. The Balaban J connectivity index is 1.50. The molecular formula is C23H21N5O2. The minimum atomic E-state index is 0.193. The topological polar surface area (TPSA) is 95.2 Å². The third-order valence-electron chi connectivity index (χ3n) is 4.36. The fraction of sp³-hybridized carbons (Fsp3) is 0.0870. The van der Waals surface area contributed by atoms with Crippen molar-refractivity contribution in [2.75, 3.05) is 18.2 Å². The Kier molecular flexibility index (Phi) is 5.43. The van der Waals surface area contributed by atoms with Crippen molar-refractivity contribution >= 4 is 17.5 Å². The van der Waals surface area contributed by atoms with E-state index >= 15 is 0 Å². The molecule has 0 bridgehead atoms. The van der Waals surface area contributed by atoms with Gasteiger partial charge in [0.15, 0.2) is 0 Å². The van der Waals surface area contributed by atoms with Gasteiger partial charge in [-0.15, -0.1) is 0 Å². The van der Waals surface area contributed by atoms with Crippen LogP contribution in [-0.2, 0) is 0 Å². The summed E-state index contributed by atoms with van der Waals surface area (Å²) in [5.41, 5.74) is 9.32. The second-order valence-corrected chi connectivity index (χ2v) is 6.61. The Labute approximate surface area is 174 Å². The highest BCUT2D eigenvalue weighted by molar-refractivity contribution is 5.67. The van der Waals surface area contributed by atoms with E-state index in [4.69, 9.17) is 15.2 Å². The van der Waals surface area contributed by atoms with Crippen molar-refractivity contribution in [2.24, 2.45) is 0 Å². The summed E-state index contributed by atoms with van der Waals surface area (Å²) in [4.78, 5) is 12.8. The molecule has 150 valence electrons. The number of aryl methyl sites for hydroxylation is 1. The summed E-state index contributed by atoms with van der Waals surface area (Å²) < 4.78 is 11.1. The average molecular weight is 399 g/mol. The maximum atomic E-state index is 5.92. The first-order valence-electron chi connectivity index (χ1n) is 9.35. The second kappa shape index (κ2) is 8.48. The largest absolute Gasteiger partial charge is 0.497 e. The van der Waals surface area contributed by atoms with Gasteiger partial charge in [-0.3, -0.25) is 4.98 Å². The lowest BCUT2D eigenvalue weighted by molar-refractivity contribution is 0.415. The van der Waals surface area contributed by atoms with Crippen LogP contribution in [0.2, 0.25) is 0 Å². The molecule has 0 fully saturated rings. The molecule has 4 rings (SSSR count). The third kappa shape index (κ3) is 4.64. The number of rotatable bonds is 6. The van der Waals surface area contributed by atoms with E-state index in [1.165, 1.54) is 0 Å². The SMILES string of the molecule is COc1ccc(-c2cc(Nc3ccc(Oc4ccnc(C)c4)cc3)nc(N)n2)cc1. The van der Waals surface area contributed by atoms with E-state index in [1.807, 2.05) is 73.7 Å². The molecule has 0 spiro atoms. The molecule has 2 heterocycles. The number of anilines is 3. The second-order valence-electron chi connectivity index (χ2n) is 6.61. The van der Waals surface area contributed by atoms with E-state index in [-0.39, 0.29) is 5.95 Å². The molecule has 2 aromatic carbocycles. The monoisotopic (exact) mass is 399 g/mol. The van der Waals surface area contributed by atoms with Crippen molar-refractivity contribution in [1.29, 1.82) is 0 Å². The van der Waals surface area contributed by atoms with Gasteiger partial charge in [0, 0.05) is 35.3 Å². The Morgan fingerprint density at radius 2 is 1.57 bits per heavy atom. The number of methoxy groups -OCH3 is 1. The van der Waals surface area contributed by atoms with Crippen molar-refractivity contribution in [3.05, 3.63) is 78.6 Å². The van der Waals surface area contributed by atoms with Crippen LogP contribution in [0.25, 0.3) is 11.3 Å². The van der Waals surface area contributed by atoms with Gasteiger partial charge in [-0.05, 0) is 61.5 Å². The molecule has 3 N–H and O–H groups in total. The number of pyridine rings is 1. The number of hydrogen-bond acceptors (Lipinski definition) is 7. The molecule has 0 aliphatic heterocycles. The predicted octanol–water partition coefficient (Wildman–Crippen LogP) is 4.97. The van der Waals surface area contributed by atoms with Crippen LogP contribution in [0.3, 0.4) is 0 Å². The Morgan fingerprint density at radius 1 is 0.833 bits per heavy atom. The highest BCUT2D eigenvalue weighted by Crippen LogP contribution is 2.27. The molecule has 0 aliphatic rings. The van der Waals surface area contributed by atoms with E-state index < -0.39 is 0 Å². The van der Waals surface area contributed by atoms with Gasteiger partial charge in [-0.1, -0.05) is 0 Å². The number of ether oxygens (including phenoxy) is 2. The van der Waals surface area contributed by atoms with Gasteiger partial charge in [-0.2, -0.15) is 4.98 Å². The van der Waals surface area contributed by atoms with E-state index in [2.05, 4.69) is 20.3 Å². The number of hydrogen-bond donors (Lipinski definition) is 2. The van der Waals surface area contributed by atoms with Crippen molar-refractivity contribution in [3.63, 3.8) is 0 Å².